The molecule has 0 aromatic carbocycles. The summed E-state index contributed by atoms with van der Waals surface area (Å²) < 4.78 is 9.98. The average molecular weight is 152 g/mol. The van der Waals surface area contributed by atoms with Crippen molar-refractivity contribution >= 4 is 21.0 Å². The van der Waals surface area contributed by atoms with Gasteiger partial charge in [0.05, 0.1) is 0 Å². The first-order valence-corrected chi connectivity index (χ1v) is 3.72. The predicted octanol–water partition coefficient (Wildman–Crippen LogP) is -1.39. The Morgan fingerprint density at radius 1 is 1.12 bits per heavy atom. The van der Waals surface area contributed by atoms with Crippen LogP contribution in [0, 0.1) is 0 Å². The van der Waals surface area contributed by atoms with Gasteiger partial charge in [-0.05, 0) is 24.8 Å². The molecule has 0 N–H and O–H groups in total. The second kappa shape index (κ2) is 10.4. The van der Waals surface area contributed by atoms with E-state index >= 15 is 0 Å². The first-order valence-electron chi connectivity index (χ1n) is 2.57. The van der Waals surface area contributed by atoms with Gasteiger partial charge in [0.25, 0.3) is 0 Å². The van der Waals surface area contributed by atoms with Crippen LogP contribution in [0.1, 0.15) is 13.8 Å². The molecule has 0 aliphatic heterocycles. The second-order valence-electron chi connectivity index (χ2n) is 1.10. The van der Waals surface area contributed by atoms with Crippen molar-refractivity contribution in [1.82, 2.24) is 0 Å². The zero-order chi connectivity index (χ0) is 5.54. The molecule has 0 saturated heterocycles. The van der Waals surface area contributed by atoms with Gasteiger partial charge in [-0.15, -0.1) is 0 Å². The van der Waals surface area contributed by atoms with Crippen LogP contribution in [-0.4, -0.2) is 34.2 Å². The van der Waals surface area contributed by atoms with E-state index in [1.165, 1.54) is 0 Å². The van der Waals surface area contributed by atoms with E-state index in [9.17, 15) is 0 Å². The lowest BCUT2D eigenvalue weighted by atomic mass is 10.9. The second-order valence-corrected chi connectivity index (χ2v) is 2.16. The maximum Gasteiger partial charge on any atom is 0.304 e. The topological polar surface area (TPSA) is 18.5 Å². The summed E-state index contributed by atoms with van der Waals surface area (Å²) in [5.41, 5.74) is 0. The lowest BCUT2D eigenvalue weighted by molar-refractivity contribution is 0.240. The van der Waals surface area contributed by atoms with Crippen LogP contribution in [-0.2, 0) is 8.85 Å². The van der Waals surface area contributed by atoms with Crippen LogP contribution in [0.3, 0.4) is 0 Å². The molecule has 4 heteroatoms. The van der Waals surface area contributed by atoms with Gasteiger partial charge in [0.1, 0.15) is 0 Å². The highest BCUT2D eigenvalue weighted by Crippen LogP contribution is 1.70. The van der Waals surface area contributed by atoms with Gasteiger partial charge in [-0.2, -0.15) is 0 Å². The lowest BCUT2D eigenvalue weighted by Crippen LogP contribution is -2.02. The average Bonchev–Trinajstić information content (AvgIpc) is 1.69. The van der Waals surface area contributed by atoms with Gasteiger partial charge >= 0.3 is 10.0 Å². The van der Waals surface area contributed by atoms with Crippen LogP contribution in [0.5, 0.6) is 0 Å². The molecule has 0 rings (SSSR count). The molecule has 0 amide bonds. The van der Waals surface area contributed by atoms with E-state index in [2.05, 4.69) is 0 Å². The Hall–Kier alpha value is 0.354. The fourth-order valence-electron chi connectivity index (χ4n) is 0.226. The van der Waals surface area contributed by atoms with E-state index in [0.29, 0.717) is 0 Å². The summed E-state index contributed by atoms with van der Waals surface area (Å²) in [5.74, 6) is 0. The van der Waals surface area contributed by atoms with E-state index in [0.717, 1.165) is 13.2 Å². The molecule has 8 heavy (non-hydrogen) atoms. The highest BCUT2D eigenvalue weighted by Gasteiger charge is 1.79. The lowest BCUT2D eigenvalue weighted by Gasteiger charge is -1.96. The van der Waals surface area contributed by atoms with Crippen molar-refractivity contribution in [3.8, 4) is 0 Å². The van der Waals surface area contributed by atoms with Gasteiger partial charge in [0.2, 0.25) is 0 Å². The van der Waals surface area contributed by atoms with Gasteiger partial charge < -0.3 is 8.85 Å². The molecule has 0 aliphatic carbocycles. The minimum atomic E-state index is -0.589. The van der Waals surface area contributed by atoms with Gasteiger partial charge in [0.15, 0.2) is 0 Å². The molecule has 0 heterocycles. The SMILES string of the molecule is CCO[SiH2]OCC.[SiH4]. The molecular formula is C4H16O2Si2. The molecule has 2 nitrogen and oxygen atoms in total. The van der Waals surface area contributed by atoms with Crippen molar-refractivity contribution < 1.29 is 8.85 Å². The number of hydrogen-bond donors (Lipinski definition) is 0. The minimum Gasteiger partial charge on any atom is -0.399 e. The Kier molecular flexibility index (Phi) is 14.5. The predicted molar refractivity (Wildman–Crippen MR) is 43.1 cm³/mol. The van der Waals surface area contributed by atoms with E-state index in [-0.39, 0.29) is 11.0 Å². The van der Waals surface area contributed by atoms with E-state index in [1.807, 2.05) is 13.8 Å². The molecule has 0 atom stereocenters. The standard InChI is InChI=1S/C4H12O2Si.H4Si/c1-3-5-7-6-4-2;/h3-4,7H2,1-2H3;1H4. The van der Waals surface area contributed by atoms with Crippen molar-refractivity contribution in [2.24, 2.45) is 0 Å². The zero-order valence-electron chi connectivity index (χ0n) is 4.94. The number of hydrogen-bond acceptors (Lipinski definition) is 2. The van der Waals surface area contributed by atoms with Crippen molar-refractivity contribution in [2.45, 2.75) is 13.8 Å². The first-order chi connectivity index (χ1) is 3.41. The van der Waals surface area contributed by atoms with Crippen LogP contribution in [0.25, 0.3) is 0 Å². The minimum absolute atomic E-state index is 0. The third-order valence-corrected chi connectivity index (χ3v) is 1.72. The van der Waals surface area contributed by atoms with Crippen LogP contribution in [0.15, 0.2) is 0 Å². The highest BCUT2D eigenvalue weighted by atomic mass is 28.3. The molecule has 0 unspecified atom stereocenters. The normalized spacial score (nSPS) is 8.25. The summed E-state index contributed by atoms with van der Waals surface area (Å²) in [6.45, 7) is 5.55. The Bertz CT molecular complexity index is 31.2. The Morgan fingerprint density at radius 3 is 1.75 bits per heavy atom. The summed E-state index contributed by atoms with van der Waals surface area (Å²) >= 11 is 0. The van der Waals surface area contributed by atoms with Crippen molar-refractivity contribution in [1.29, 1.82) is 0 Å². The molecule has 0 aromatic heterocycles. The Labute approximate surface area is 57.7 Å². The van der Waals surface area contributed by atoms with Gasteiger partial charge in [-0.1, -0.05) is 0 Å². The zero-order valence-corrected chi connectivity index (χ0v) is 6.35. The Morgan fingerprint density at radius 2 is 1.50 bits per heavy atom. The maximum absolute atomic E-state index is 4.99. The van der Waals surface area contributed by atoms with Crippen molar-refractivity contribution in [2.75, 3.05) is 13.2 Å². The maximum atomic E-state index is 4.99. The van der Waals surface area contributed by atoms with Gasteiger partial charge in [-0.25, -0.2) is 0 Å². The molecule has 52 valence electrons. The van der Waals surface area contributed by atoms with E-state index in [1.54, 1.807) is 0 Å². The quantitative estimate of drug-likeness (QED) is 0.365. The molecule has 0 bridgehead atoms. The third kappa shape index (κ3) is 9.61. The fourth-order valence-corrected chi connectivity index (χ4v) is 0.677. The summed E-state index contributed by atoms with van der Waals surface area (Å²) in [6, 6.07) is 0. The van der Waals surface area contributed by atoms with Crippen LogP contribution >= 0.6 is 0 Å². The van der Waals surface area contributed by atoms with E-state index < -0.39 is 10.0 Å². The monoisotopic (exact) mass is 152 g/mol. The Balaban J connectivity index is 0. The molecule has 0 spiro atoms. The molecule has 0 radical (unpaired) electrons. The van der Waals surface area contributed by atoms with Crippen LogP contribution in [0.4, 0.5) is 0 Å². The largest absolute Gasteiger partial charge is 0.399 e. The number of rotatable bonds is 4. The molecule has 0 saturated carbocycles. The smallest absolute Gasteiger partial charge is 0.304 e. The van der Waals surface area contributed by atoms with Crippen LogP contribution < -0.4 is 0 Å². The molecule has 0 fully saturated rings. The molecule has 0 aliphatic rings. The summed E-state index contributed by atoms with van der Waals surface area (Å²) in [6.07, 6.45) is 0. The fraction of sp³-hybridized carbons (Fsp3) is 1.00. The first kappa shape index (κ1) is 11.2. The van der Waals surface area contributed by atoms with Gasteiger partial charge in [0, 0.05) is 13.2 Å². The third-order valence-electron chi connectivity index (χ3n) is 0.575. The molecule has 0 aromatic rings. The van der Waals surface area contributed by atoms with Crippen molar-refractivity contribution in [3.05, 3.63) is 0 Å². The van der Waals surface area contributed by atoms with Crippen molar-refractivity contribution in [3.63, 3.8) is 0 Å². The molecular weight excluding hydrogens is 136 g/mol. The van der Waals surface area contributed by atoms with Crippen LogP contribution in [0.2, 0.25) is 0 Å². The summed E-state index contributed by atoms with van der Waals surface area (Å²) in [7, 11) is -0.589. The highest BCUT2D eigenvalue weighted by molar-refractivity contribution is 6.17. The van der Waals surface area contributed by atoms with E-state index in [4.69, 9.17) is 8.85 Å². The summed E-state index contributed by atoms with van der Waals surface area (Å²) in [5, 5.41) is 0. The summed E-state index contributed by atoms with van der Waals surface area (Å²) in [4.78, 5) is 0. The van der Waals surface area contributed by atoms with Gasteiger partial charge in [-0.3, -0.25) is 0 Å².